The Kier molecular flexibility index (Phi) is 4.10. The Labute approximate surface area is 93.8 Å². The summed E-state index contributed by atoms with van der Waals surface area (Å²) in [5, 5.41) is 2.48. The van der Waals surface area contributed by atoms with E-state index in [1.54, 1.807) is 30.3 Å². The Morgan fingerprint density at radius 2 is 2.00 bits per heavy atom. The van der Waals surface area contributed by atoms with Crippen LogP contribution in [0.4, 0.5) is 0 Å². The monoisotopic (exact) mass is 216 g/mol. The SMILES string of the molecule is C#CC[C@H](NC(=O)c1ccccc1)C(N)=O. The van der Waals surface area contributed by atoms with E-state index in [0.717, 1.165) is 0 Å². The van der Waals surface area contributed by atoms with Gasteiger partial charge in [0.05, 0.1) is 0 Å². The van der Waals surface area contributed by atoms with E-state index in [-0.39, 0.29) is 12.3 Å². The summed E-state index contributed by atoms with van der Waals surface area (Å²) in [6, 6.07) is 7.72. The van der Waals surface area contributed by atoms with Gasteiger partial charge in [-0.1, -0.05) is 18.2 Å². The average molecular weight is 216 g/mol. The standard InChI is InChI=1S/C12H12N2O2/c1-2-6-10(11(13)15)14-12(16)9-7-4-3-5-8-9/h1,3-5,7-8,10H,6H2,(H2,13,15)(H,14,16)/t10-/m0/s1. The maximum atomic E-state index is 11.6. The molecule has 1 aromatic carbocycles. The second-order valence-electron chi connectivity index (χ2n) is 3.20. The summed E-state index contributed by atoms with van der Waals surface area (Å²) in [5.41, 5.74) is 5.56. The fraction of sp³-hybridized carbons (Fsp3) is 0.167. The van der Waals surface area contributed by atoms with Crippen LogP contribution >= 0.6 is 0 Å². The molecule has 0 aliphatic rings. The zero-order chi connectivity index (χ0) is 12.0. The number of nitrogens with one attached hydrogen (secondary N) is 1. The summed E-state index contributed by atoms with van der Waals surface area (Å²) in [6.07, 6.45) is 5.16. The highest BCUT2D eigenvalue weighted by Gasteiger charge is 2.17. The van der Waals surface area contributed by atoms with Crippen LogP contribution in [-0.4, -0.2) is 17.9 Å². The number of terminal acetylenes is 1. The molecular formula is C12H12N2O2. The van der Waals surface area contributed by atoms with Crippen molar-refractivity contribution in [3.63, 3.8) is 0 Å². The van der Waals surface area contributed by atoms with Gasteiger partial charge in [-0.25, -0.2) is 0 Å². The molecule has 4 nitrogen and oxygen atoms in total. The van der Waals surface area contributed by atoms with Crippen molar-refractivity contribution in [1.82, 2.24) is 5.32 Å². The molecule has 0 saturated carbocycles. The molecule has 0 saturated heterocycles. The predicted molar refractivity (Wildman–Crippen MR) is 60.3 cm³/mol. The quantitative estimate of drug-likeness (QED) is 0.710. The number of carbonyl (C=O) groups excluding carboxylic acids is 2. The highest BCUT2D eigenvalue weighted by atomic mass is 16.2. The normalized spacial score (nSPS) is 11.2. The number of benzene rings is 1. The van der Waals surface area contributed by atoms with Crippen LogP contribution < -0.4 is 11.1 Å². The second-order valence-corrected chi connectivity index (χ2v) is 3.20. The molecule has 3 N–H and O–H groups in total. The van der Waals surface area contributed by atoms with Gasteiger partial charge < -0.3 is 11.1 Å². The van der Waals surface area contributed by atoms with Gasteiger partial charge in [-0.3, -0.25) is 9.59 Å². The molecule has 1 aromatic rings. The Hall–Kier alpha value is -2.28. The van der Waals surface area contributed by atoms with Crippen molar-refractivity contribution in [2.24, 2.45) is 5.73 Å². The summed E-state index contributed by atoms with van der Waals surface area (Å²) in [7, 11) is 0. The van der Waals surface area contributed by atoms with E-state index < -0.39 is 11.9 Å². The first-order valence-corrected chi connectivity index (χ1v) is 4.74. The predicted octanol–water partition coefficient (Wildman–Crippen LogP) is 0.294. The van der Waals surface area contributed by atoms with Gasteiger partial charge in [0.15, 0.2) is 0 Å². The zero-order valence-electron chi connectivity index (χ0n) is 8.64. The van der Waals surface area contributed by atoms with Crippen molar-refractivity contribution in [3.8, 4) is 12.3 Å². The first-order chi connectivity index (χ1) is 7.65. The van der Waals surface area contributed by atoms with E-state index in [0.29, 0.717) is 5.56 Å². The van der Waals surface area contributed by atoms with Crippen LogP contribution in [0.25, 0.3) is 0 Å². The van der Waals surface area contributed by atoms with Gasteiger partial charge in [-0.15, -0.1) is 12.3 Å². The zero-order valence-corrected chi connectivity index (χ0v) is 8.64. The fourth-order valence-corrected chi connectivity index (χ4v) is 1.17. The van der Waals surface area contributed by atoms with Gasteiger partial charge in [-0.05, 0) is 12.1 Å². The molecule has 1 rings (SSSR count). The summed E-state index contributed by atoms with van der Waals surface area (Å²) in [4.78, 5) is 22.6. The second kappa shape index (κ2) is 5.56. The van der Waals surface area contributed by atoms with Crippen molar-refractivity contribution < 1.29 is 9.59 Å². The minimum atomic E-state index is -0.822. The van der Waals surface area contributed by atoms with Crippen LogP contribution in [0.15, 0.2) is 30.3 Å². The minimum absolute atomic E-state index is 0.0912. The van der Waals surface area contributed by atoms with Crippen LogP contribution in [0, 0.1) is 12.3 Å². The minimum Gasteiger partial charge on any atom is -0.368 e. The van der Waals surface area contributed by atoms with E-state index in [1.807, 2.05) is 0 Å². The lowest BCUT2D eigenvalue weighted by atomic mass is 10.1. The molecule has 0 aromatic heterocycles. The molecule has 0 heterocycles. The number of nitrogens with two attached hydrogens (primary N) is 1. The van der Waals surface area contributed by atoms with Gasteiger partial charge in [0.1, 0.15) is 6.04 Å². The lowest BCUT2D eigenvalue weighted by molar-refractivity contribution is -0.119. The lowest BCUT2D eigenvalue weighted by Crippen LogP contribution is -2.44. The maximum absolute atomic E-state index is 11.6. The van der Waals surface area contributed by atoms with Crippen LogP contribution in [0.1, 0.15) is 16.8 Å². The largest absolute Gasteiger partial charge is 0.368 e. The van der Waals surface area contributed by atoms with E-state index >= 15 is 0 Å². The molecule has 1 atom stereocenters. The summed E-state index contributed by atoms with van der Waals surface area (Å²) >= 11 is 0. The molecule has 4 heteroatoms. The molecular weight excluding hydrogens is 204 g/mol. The Morgan fingerprint density at radius 3 is 2.50 bits per heavy atom. The van der Waals surface area contributed by atoms with Gasteiger partial charge in [0.2, 0.25) is 5.91 Å². The molecule has 16 heavy (non-hydrogen) atoms. The van der Waals surface area contributed by atoms with Crippen LogP contribution in [-0.2, 0) is 4.79 Å². The summed E-state index contributed by atoms with van der Waals surface area (Å²) < 4.78 is 0. The number of primary amides is 1. The molecule has 0 bridgehead atoms. The van der Waals surface area contributed by atoms with Crippen molar-refractivity contribution in [2.75, 3.05) is 0 Å². The molecule has 2 amide bonds. The van der Waals surface area contributed by atoms with Gasteiger partial charge >= 0.3 is 0 Å². The van der Waals surface area contributed by atoms with E-state index in [9.17, 15) is 9.59 Å². The molecule has 0 radical (unpaired) electrons. The van der Waals surface area contributed by atoms with E-state index in [4.69, 9.17) is 12.2 Å². The molecule has 82 valence electrons. The highest BCUT2D eigenvalue weighted by Crippen LogP contribution is 1.99. The smallest absolute Gasteiger partial charge is 0.251 e. The molecule has 0 fully saturated rings. The van der Waals surface area contributed by atoms with Gasteiger partial charge in [-0.2, -0.15) is 0 Å². The third kappa shape index (κ3) is 3.14. The number of amides is 2. The van der Waals surface area contributed by atoms with Crippen molar-refractivity contribution in [3.05, 3.63) is 35.9 Å². The van der Waals surface area contributed by atoms with Gasteiger partial charge in [0, 0.05) is 12.0 Å². The Morgan fingerprint density at radius 1 is 1.38 bits per heavy atom. The topological polar surface area (TPSA) is 72.2 Å². The number of carbonyl (C=O) groups is 2. The van der Waals surface area contributed by atoms with Crippen LogP contribution in [0.2, 0.25) is 0 Å². The van der Waals surface area contributed by atoms with E-state index in [1.165, 1.54) is 0 Å². The molecule has 0 aliphatic carbocycles. The fourth-order valence-electron chi connectivity index (χ4n) is 1.17. The van der Waals surface area contributed by atoms with Crippen molar-refractivity contribution in [1.29, 1.82) is 0 Å². The molecule has 0 spiro atoms. The first-order valence-electron chi connectivity index (χ1n) is 4.74. The molecule has 0 unspecified atom stereocenters. The Bertz CT molecular complexity index is 420. The number of hydrogen-bond acceptors (Lipinski definition) is 2. The summed E-state index contributed by atoms with van der Waals surface area (Å²) in [5.74, 6) is 1.29. The lowest BCUT2D eigenvalue weighted by Gasteiger charge is -2.12. The van der Waals surface area contributed by atoms with Crippen LogP contribution in [0.3, 0.4) is 0 Å². The highest BCUT2D eigenvalue weighted by molar-refractivity contribution is 5.97. The van der Waals surface area contributed by atoms with E-state index in [2.05, 4.69) is 11.2 Å². The van der Waals surface area contributed by atoms with Crippen LogP contribution in [0.5, 0.6) is 0 Å². The first kappa shape index (κ1) is 11.8. The number of hydrogen-bond donors (Lipinski definition) is 2. The third-order valence-electron chi connectivity index (χ3n) is 2.01. The maximum Gasteiger partial charge on any atom is 0.251 e. The number of rotatable bonds is 4. The Balaban J connectivity index is 2.70. The summed E-state index contributed by atoms with van der Waals surface area (Å²) in [6.45, 7) is 0. The third-order valence-corrected chi connectivity index (χ3v) is 2.01. The molecule has 0 aliphatic heterocycles. The van der Waals surface area contributed by atoms with Crippen molar-refractivity contribution >= 4 is 11.8 Å². The van der Waals surface area contributed by atoms with Crippen molar-refractivity contribution in [2.45, 2.75) is 12.5 Å². The van der Waals surface area contributed by atoms with Gasteiger partial charge in [0.25, 0.3) is 5.91 Å². The average Bonchev–Trinajstić information content (AvgIpc) is 2.29.